The van der Waals surface area contributed by atoms with Crippen LogP contribution in [-0.2, 0) is 26.2 Å². The van der Waals surface area contributed by atoms with E-state index in [1.807, 2.05) is 19.9 Å². The fraction of sp³-hybridized carbons (Fsp3) is 0.440. The van der Waals surface area contributed by atoms with Gasteiger partial charge in [-0.1, -0.05) is 42.3 Å². The maximum atomic E-state index is 13.3. The molecule has 192 valence electrons. The fourth-order valence-electron chi connectivity index (χ4n) is 3.49. The van der Waals surface area contributed by atoms with Crippen LogP contribution in [0.2, 0.25) is 10.0 Å². The zero-order valence-corrected chi connectivity index (χ0v) is 22.8. The summed E-state index contributed by atoms with van der Waals surface area (Å²) in [4.78, 5) is 27.6. The Balaban J connectivity index is 2.16. The van der Waals surface area contributed by atoms with E-state index in [2.05, 4.69) is 5.32 Å². The van der Waals surface area contributed by atoms with E-state index in [0.29, 0.717) is 15.7 Å². The Morgan fingerprint density at radius 1 is 1.03 bits per heavy atom. The van der Waals surface area contributed by atoms with Crippen LogP contribution in [0, 0.1) is 0 Å². The van der Waals surface area contributed by atoms with E-state index in [1.165, 1.54) is 9.21 Å². The van der Waals surface area contributed by atoms with Crippen molar-refractivity contribution < 1.29 is 18.0 Å². The minimum Gasteiger partial charge on any atom is -0.352 e. The van der Waals surface area contributed by atoms with Crippen molar-refractivity contribution in [2.24, 2.45) is 0 Å². The third kappa shape index (κ3) is 9.02. The number of sulfonamides is 1. The summed E-state index contributed by atoms with van der Waals surface area (Å²) in [5, 5.41) is 3.96. The van der Waals surface area contributed by atoms with Gasteiger partial charge in [-0.3, -0.25) is 13.9 Å². The number of halogens is 2. The zero-order chi connectivity index (χ0) is 26.2. The Kier molecular flexibility index (Phi) is 10.9. The van der Waals surface area contributed by atoms with Crippen LogP contribution in [0.3, 0.4) is 0 Å². The number of nitrogens with one attached hydrogen (secondary N) is 1. The highest BCUT2D eigenvalue weighted by molar-refractivity contribution is 7.92. The summed E-state index contributed by atoms with van der Waals surface area (Å²) in [5.74, 6) is -0.491. The lowest BCUT2D eigenvalue weighted by Gasteiger charge is -2.30. The average molecular weight is 543 g/mol. The highest BCUT2D eigenvalue weighted by atomic mass is 35.5. The Labute approximate surface area is 218 Å². The van der Waals surface area contributed by atoms with Gasteiger partial charge in [-0.05, 0) is 68.7 Å². The van der Waals surface area contributed by atoms with E-state index < -0.39 is 16.1 Å². The summed E-state index contributed by atoms with van der Waals surface area (Å²) in [6.45, 7) is 5.89. The summed E-state index contributed by atoms with van der Waals surface area (Å²) in [5.41, 5.74) is 1.27. The Morgan fingerprint density at radius 3 is 2.26 bits per heavy atom. The molecule has 0 aliphatic rings. The van der Waals surface area contributed by atoms with Crippen molar-refractivity contribution in [3.8, 4) is 0 Å². The minimum atomic E-state index is -3.56. The van der Waals surface area contributed by atoms with Gasteiger partial charge in [0.2, 0.25) is 21.8 Å². The molecule has 2 atom stereocenters. The van der Waals surface area contributed by atoms with Crippen LogP contribution >= 0.6 is 23.2 Å². The zero-order valence-electron chi connectivity index (χ0n) is 20.5. The van der Waals surface area contributed by atoms with Gasteiger partial charge in [0.15, 0.2) is 0 Å². The minimum absolute atomic E-state index is 0.0178. The van der Waals surface area contributed by atoms with Crippen LogP contribution in [-0.4, -0.2) is 50.0 Å². The first-order valence-electron chi connectivity index (χ1n) is 11.5. The van der Waals surface area contributed by atoms with Crippen molar-refractivity contribution in [3.63, 3.8) is 0 Å². The fourth-order valence-corrected chi connectivity index (χ4v) is 4.80. The molecule has 0 unspecified atom stereocenters. The standard InChI is InChI=1S/C25H33Cl2N3O4S/c1-5-18(2)28-25(32)19(3)29(17-20-8-6-9-22(27)16-20)24(31)10-7-15-30(35(4,33)34)23-13-11-21(26)12-14-23/h6,8-9,11-14,16,18-19H,5,7,10,15,17H2,1-4H3,(H,28,32)/t18-,19+/m0/s1. The van der Waals surface area contributed by atoms with Crippen molar-refractivity contribution >= 4 is 50.7 Å². The number of amides is 2. The van der Waals surface area contributed by atoms with Gasteiger partial charge >= 0.3 is 0 Å². The molecule has 10 heteroatoms. The molecule has 0 radical (unpaired) electrons. The first kappa shape index (κ1) is 28.9. The van der Waals surface area contributed by atoms with E-state index in [-0.39, 0.29) is 43.8 Å². The van der Waals surface area contributed by atoms with E-state index in [9.17, 15) is 18.0 Å². The van der Waals surface area contributed by atoms with Crippen LogP contribution in [0.15, 0.2) is 48.5 Å². The second-order valence-electron chi connectivity index (χ2n) is 8.56. The van der Waals surface area contributed by atoms with Crippen molar-refractivity contribution in [2.45, 2.75) is 58.7 Å². The monoisotopic (exact) mass is 541 g/mol. The van der Waals surface area contributed by atoms with Crippen LogP contribution < -0.4 is 9.62 Å². The number of nitrogens with zero attached hydrogens (tertiary/aromatic N) is 2. The Morgan fingerprint density at radius 2 is 1.69 bits per heavy atom. The Hall–Kier alpha value is -2.29. The first-order chi connectivity index (χ1) is 16.4. The molecule has 2 aromatic rings. The number of carbonyl (C=O) groups is 2. The molecule has 2 amide bonds. The smallest absolute Gasteiger partial charge is 0.242 e. The third-order valence-corrected chi connectivity index (χ3v) is 7.36. The highest BCUT2D eigenvalue weighted by Crippen LogP contribution is 2.22. The maximum absolute atomic E-state index is 13.3. The third-order valence-electron chi connectivity index (χ3n) is 5.68. The largest absolute Gasteiger partial charge is 0.352 e. The Bertz CT molecular complexity index is 1110. The second-order valence-corrected chi connectivity index (χ2v) is 11.3. The summed E-state index contributed by atoms with van der Waals surface area (Å²) in [6.07, 6.45) is 2.24. The SMILES string of the molecule is CC[C@H](C)NC(=O)[C@@H](C)N(Cc1cccc(Cl)c1)C(=O)CCCN(c1ccc(Cl)cc1)S(C)(=O)=O. The lowest BCUT2D eigenvalue weighted by atomic mass is 10.1. The predicted molar refractivity (Wildman–Crippen MR) is 142 cm³/mol. The van der Waals surface area contributed by atoms with E-state index >= 15 is 0 Å². The molecular formula is C25H33Cl2N3O4S. The molecule has 0 heterocycles. The van der Waals surface area contributed by atoms with Crippen LogP contribution in [0.4, 0.5) is 5.69 Å². The van der Waals surface area contributed by atoms with Gasteiger partial charge in [-0.15, -0.1) is 0 Å². The summed E-state index contributed by atoms with van der Waals surface area (Å²) in [7, 11) is -3.56. The van der Waals surface area contributed by atoms with Gasteiger partial charge in [0.25, 0.3) is 0 Å². The molecule has 35 heavy (non-hydrogen) atoms. The number of carbonyl (C=O) groups excluding carboxylic acids is 2. The normalized spacial score (nSPS) is 13.1. The molecule has 0 aliphatic heterocycles. The van der Waals surface area contributed by atoms with Crippen LogP contribution in [0.1, 0.15) is 45.6 Å². The summed E-state index contributed by atoms with van der Waals surface area (Å²) < 4.78 is 26.0. The van der Waals surface area contributed by atoms with Gasteiger partial charge in [0.05, 0.1) is 11.9 Å². The molecule has 0 saturated heterocycles. The van der Waals surface area contributed by atoms with E-state index in [0.717, 1.165) is 18.2 Å². The number of hydrogen-bond donors (Lipinski definition) is 1. The quantitative estimate of drug-likeness (QED) is 0.415. The van der Waals surface area contributed by atoms with Crippen molar-refractivity contribution in [3.05, 3.63) is 64.1 Å². The molecule has 1 N–H and O–H groups in total. The van der Waals surface area contributed by atoms with Gasteiger partial charge in [0.1, 0.15) is 6.04 Å². The summed E-state index contributed by atoms with van der Waals surface area (Å²) >= 11 is 12.0. The predicted octanol–water partition coefficient (Wildman–Crippen LogP) is 4.87. The van der Waals surface area contributed by atoms with Crippen molar-refractivity contribution in [1.82, 2.24) is 10.2 Å². The topological polar surface area (TPSA) is 86.8 Å². The van der Waals surface area contributed by atoms with E-state index in [4.69, 9.17) is 23.2 Å². The van der Waals surface area contributed by atoms with Gasteiger partial charge < -0.3 is 10.2 Å². The number of benzene rings is 2. The van der Waals surface area contributed by atoms with Crippen molar-refractivity contribution in [2.75, 3.05) is 17.1 Å². The summed E-state index contributed by atoms with van der Waals surface area (Å²) in [6, 6.07) is 12.9. The molecule has 0 saturated carbocycles. The molecule has 0 bridgehead atoms. The first-order valence-corrected chi connectivity index (χ1v) is 14.1. The van der Waals surface area contributed by atoms with Crippen LogP contribution in [0.5, 0.6) is 0 Å². The molecule has 0 spiro atoms. The number of anilines is 1. The molecule has 2 rings (SSSR count). The van der Waals surface area contributed by atoms with Gasteiger partial charge in [-0.25, -0.2) is 8.42 Å². The molecule has 2 aromatic carbocycles. The average Bonchev–Trinajstić information content (AvgIpc) is 2.79. The molecule has 0 fully saturated rings. The molecule has 0 aliphatic carbocycles. The second kappa shape index (κ2) is 13.1. The maximum Gasteiger partial charge on any atom is 0.242 e. The molecule has 0 aromatic heterocycles. The van der Waals surface area contributed by atoms with Gasteiger partial charge in [-0.2, -0.15) is 0 Å². The molecule has 7 nitrogen and oxygen atoms in total. The van der Waals surface area contributed by atoms with Crippen molar-refractivity contribution in [1.29, 1.82) is 0 Å². The number of hydrogen-bond acceptors (Lipinski definition) is 4. The number of rotatable bonds is 12. The van der Waals surface area contributed by atoms with E-state index in [1.54, 1.807) is 49.4 Å². The highest BCUT2D eigenvalue weighted by Gasteiger charge is 2.27. The van der Waals surface area contributed by atoms with Gasteiger partial charge in [0, 0.05) is 35.6 Å². The molecular weight excluding hydrogens is 509 g/mol. The lowest BCUT2D eigenvalue weighted by Crippen LogP contribution is -2.49. The lowest BCUT2D eigenvalue weighted by molar-refractivity contribution is -0.140. The van der Waals surface area contributed by atoms with Crippen LogP contribution in [0.25, 0.3) is 0 Å².